The molecule has 2 aromatic carbocycles. The summed E-state index contributed by atoms with van der Waals surface area (Å²) < 4.78 is 33.6. The Balaban J connectivity index is 1.48. The molecule has 2 fully saturated rings. The van der Waals surface area contributed by atoms with Gasteiger partial charge in [-0.15, -0.1) is 0 Å². The molecule has 0 aliphatic carbocycles. The Kier molecular flexibility index (Phi) is 5.68. The molecule has 150 valence electrons. The predicted octanol–water partition coefficient (Wildman–Crippen LogP) is 2.98. The zero-order valence-corrected chi connectivity index (χ0v) is 16.8. The van der Waals surface area contributed by atoms with Crippen molar-refractivity contribution in [1.29, 1.82) is 0 Å². The SMILES string of the molecule is CN1OC[C@H](S(=O)(=O)N2CCCC2)[C@@H]1c1ccc(OCc2ccccc2)cc1. The zero-order valence-electron chi connectivity index (χ0n) is 16.0. The van der Waals surface area contributed by atoms with Gasteiger partial charge in [-0.3, -0.25) is 4.84 Å². The molecule has 0 radical (unpaired) electrons. The fourth-order valence-electron chi connectivity index (χ4n) is 3.91. The van der Waals surface area contributed by atoms with E-state index in [9.17, 15) is 8.42 Å². The Morgan fingerprint density at radius 2 is 1.71 bits per heavy atom. The van der Waals surface area contributed by atoms with Gasteiger partial charge in [0.15, 0.2) is 0 Å². The number of hydrogen-bond donors (Lipinski definition) is 0. The van der Waals surface area contributed by atoms with E-state index in [0.29, 0.717) is 19.7 Å². The number of sulfonamides is 1. The standard InChI is InChI=1S/C21H26N2O4S/c1-22-21(20(16-27-22)28(24,25)23-13-5-6-14-23)18-9-11-19(12-10-18)26-15-17-7-3-2-4-8-17/h2-4,7-12,20-21H,5-6,13-16H2,1H3/t20-,21-/m0/s1. The molecule has 0 N–H and O–H groups in total. The first-order valence-corrected chi connectivity index (χ1v) is 11.2. The van der Waals surface area contributed by atoms with E-state index in [4.69, 9.17) is 9.57 Å². The van der Waals surface area contributed by atoms with Crippen LogP contribution in [-0.2, 0) is 21.5 Å². The third-order valence-electron chi connectivity index (χ3n) is 5.46. The van der Waals surface area contributed by atoms with Crippen molar-refractivity contribution in [1.82, 2.24) is 9.37 Å². The first-order chi connectivity index (χ1) is 13.6. The van der Waals surface area contributed by atoms with Gasteiger partial charge >= 0.3 is 0 Å². The third kappa shape index (κ3) is 3.93. The molecule has 6 nitrogen and oxygen atoms in total. The number of nitrogens with zero attached hydrogens (tertiary/aromatic N) is 2. The molecule has 0 unspecified atom stereocenters. The summed E-state index contributed by atoms with van der Waals surface area (Å²) in [6.45, 7) is 1.91. The molecule has 2 aliphatic rings. The van der Waals surface area contributed by atoms with Crippen molar-refractivity contribution in [3.63, 3.8) is 0 Å². The van der Waals surface area contributed by atoms with E-state index in [0.717, 1.165) is 29.7 Å². The normalized spacial score (nSPS) is 23.9. The zero-order chi connectivity index (χ0) is 19.6. The van der Waals surface area contributed by atoms with E-state index in [2.05, 4.69) is 0 Å². The quantitative estimate of drug-likeness (QED) is 0.744. The number of rotatable bonds is 6. The molecular weight excluding hydrogens is 376 g/mol. The van der Waals surface area contributed by atoms with Crippen LogP contribution in [0.4, 0.5) is 0 Å². The highest BCUT2D eigenvalue weighted by Crippen LogP contribution is 2.36. The highest BCUT2D eigenvalue weighted by Gasteiger charge is 2.46. The average molecular weight is 403 g/mol. The monoisotopic (exact) mass is 402 g/mol. The Labute approximate surface area is 166 Å². The van der Waals surface area contributed by atoms with Crippen molar-refractivity contribution in [2.75, 3.05) is 26.7 Å². The van der Waals surface area contributed by atoms with Crippen molar-refractivity contribution >= 4 is 10.0 Å². The Bertz CT molecular complexity index is 880. The second kappa shape index (κ2) is 8.21. The van der Waals surface area contributed by atoms with Crippen molar-refractivity contribution in [2.45, 2.75) is 30.7 Å². The maximum Gasteiger partial charge on any atom is 0.221 e. The lowest BCUT2D eigenvalue weighted by Gasteiger charge is -2.26. The molecule has 4 rings (SSSR count). The summed E-state index contributed by atoms with van der Waals surface area (Å²) in [6, 6.07) is 17.3. The summed E-state index contributed by atoms with van der Waals surface area (Å²) in [7, 11) is -1.59. The van der Waals surface area contributed by atoms with E-state index in [1.165, 1.54) is 0 Å². The maximum absolute atomic E-state index is 13.1. The van der Waals surface area contributed by atoms with Crippen LogP contribution in [0, 0.1) is 0 Å². The number of hydroxylamine groups is 2. The van der Waals surface area contributed by atoms with Crippen LogP contribution in [0.2, 0.25) is 0 Å². The second-order valence-corrected chi connectivity index (χ2v) is 9.47. The largest absolute Gasteiger partial charge is 0.489 e. The van der Waals surface area contributed by atoms with Crippen LogP contribution in [-0.4, -0.2) is 49.8 Å². The summed E-state index contributed by atoms with van der Waals surface area (Å²) in [5, 5.41) is 1.07. The molecule has 0 saturated carbocycles. The lowest BCUT2D eigenvalue weighted by molar-refractivity contribution is -0.110. The Morgan fingerprint density at radius 1 is 1.04 bits per heavy atom. The fraction of sp³-hybridized carbons (Fsp3) is 0.429. The van der Waals surface area contributed by atoms with Gasteiger partial charge in [-0.25, -0.2) is 12.7 Å². The molecule has 7 heteroatoms. The highest BCUT2D eigenvalue weighted by molar-refractivity contribution is 7.89. The van der Waals surface area contributed by atoms with Crippen LogP contribution in [0.3, 0.4) is 0 Å². The van der Waals surface area contributed by atoms with Gasteiger partial charge in [-0.2, -0.15) is 5.06 Å². The molecule has 0 bridgehead atoms. The smallest absolute Gasteiger partial charge is 0.221 e. The first kappa shape index (κ1) is 19.4. The van der Waals surface area contributed by atoms with E-state index in [1.807, 2.05) is 54.6 Å². The molecule has 28 heavy (non-hydrogen) atoms. The molecule has 2 saturated heterocycles. The van der Waals surface area contributed by atoms with E-state index >= 15 is 0 Å². The van der Waals surface area contributed by atoms with Crippen LogP contribution in [0.5, 0.6) is 5.75 Å². The number of ether oxygens (including phenoxy) is 1. The molecule has 0 aromatic heterocycles. The molecule has 2 aromatic rings. The van der Waals surface area contributed by atoms with E-state index < -0.39 is 15.3 Å². The van der Waals surface area contributed by atoms with Crippen LogP contribution in [0.1, 0.15) is 30.0 Å². The Morgan fingerprint density at radius 3 is 2.39 bits per heavy atom. The maximum atomic E-state index is 13.1. The molecule has 2 atom stereocenters. The van der Waals surface area contributed by atoms with Gasteiger partial charge in [0.1, 0.15) is 17.6 Å². The fourth-order valence-corrected chi connectivity index (χ4v) is 5.94. The minimum Gasteiger partial charge on any atom is -0.489 e. The van der Waals surface area contributed by atoms with Crippen molar-refractivity contribution in [3.05, 3.63) is 65.7 Å². The minimum absolute atomic E-state index is 0.187. The van der Waals surface area contributed by atoms with Crippen LogP contribution >= 0.6 is 0 Å². The van der Waals surface area contributed by atoms with Gasteiger partial charge in [-0.1, -0.05) is 42.5 Å². The molecule has 0 spiro atoms. The van der Waals surface area contributed by atoms with Gasteiger partial charge in [0.2, 0.25) is 10.0 Å². The topological polar surface area (TPSA) is 59.1 Å². The van der Waals surface area contributed by atoms with Gasteiger partial charge in [0, 0.05) is 20.1 Å². The lowest BCUT2D eigenvalue weighted by Crippen LogP contribution is -2.41. The van der Waals surface area contributed by atoms with Crippen molar-refractivity contribution in [2.24, 2.45) is 0 Å². The number of hydrogen-bond acceptors (Lipinski definition) is 5. The second-order valence-electron chi connectivity index (χ2n) is 7.32. The van der Waals surface area contributed by atoms with Crippen molar-refractivity contribution in [3.8, 4) is 5.75 Å². The summed E-state index contributed by atoms with van der Waals surface area (Å²) in [5.41, 5.74) is 2.02. The highest BCUT2D eigenvalue weighted by atomic mass is 32.2. The molecular formula is C21H26N2O4S. The van der Waals surface area contributed by atoms with Gasteiger partial charge in [0.05, 0.1) is 12.6 Å². The lowest BCUT2D eigenvalue weighted by atomic mass is 10.0. The molecule has 2 heterocycles. The summed E-state index contributed by atoms with van der Waals surface area (Å²) >= 11 is 0. The summed E-state index contributed by atoms with van der Waals surface area (Å²) in [4.78, 5) is 5.61. The van der Waals surface area contributed by atoms with Crippen LogP contribution in [0.15, 0.2) is 54.6 Å². The van der Waals surface area contributed by atoms with Gasteiger partial charge in [-0.05, 0) is 36.1 Å². The molecule has 0 amide bonds. The van der Waals surface area contributed by atoms with Gasteiger partial charge < -0.3 is 4.74 Å². The van der Waals surface area contributed by atoms with Crippen molar-refractivity contribution < 1.29 is 18.0 Å². The van der Waals surface area contributed by atoms with E-state index in [1.54, 1.807) is 16.4 Å². The average Bonchev–Trinajstić information content (AvgIpc) is 3.38. The first-order valence-electron chi connectivity index (χ1n) is 9.67. The third-order valence-corrected chi connectivity index (χ3v) is 7.71. The summed E-state index contributed by atoms with van der Waals surface area (Å²) in [5.74, 6) is 0.758. The van der Waals surface area contributed by atoms with Crippen LogP contribution in [0.25, 0.3) is 0 Å². The minimum atomic E-state index is -3.39. The predicted molar refractivity (Wildman–Crippen MR) is 107 cm³/mol. The van der Waals surface area contributed by atoms with Gasteiger partial charge in [0.25, 0.3) is 0 Å². The molecule has 2 aliphatic heterocycles. The summed E-state index contributed by atoms with van der Waals surface area (Å²) in [6.07, 6.45) is 1.86. The van der Waals surface area contributed by atoms with Crippen LogP contribution < -0.4 is 4.74 Å². The Hall–Kier alpha value is -1.93. The number of benzene rings is 2. The van der Waals surface area contributed by atoms with E-state index in [-0.39, 0.29) is 12.6 Å².